The lowest BCUT2D eigenvalue weighted by Gasteiger charge is -2.42. The van der Waals surface area contributed by atoms with E-state index in [1.807, 2.05) is 30.3 Å². The molecule has 27 heavy (non-hydrogen) atoms. The highest BCUT2D eigenvalue weighted by Crippen LogP contribution is 2.47. The molecule has 2 bridgehead atoms. The number of likely N-dealkylation sites (N-methyl/N-ethyl adjacent to an activating group) is 1. The predicted octanol–water partition coefficient (Wildman–Crippen LogP) is 4.69. The van der Waals surface area contributed by atoms with Gasteiger partial charge in [-0.05, 0) is 49.6 Å². The minimum absolute atomic E-state index is 0.0455. The molecule has 0 saturated carbocycles. The van der Waals surface area contributed by atoms with Crippen molar-refractivity contribution in [2.45, 2.75) is 43.7 Å². The van der Waals surface area contributed by atoms with Crippen molar-refractivity contribution in [2.75, 3.05) is 13.7 Å². The van der Waals surface area contributed by atoms with Gasteiger partial charge in [-0.15, -0.1) is 0 Å². The van der Waals surface area contributed by atoms with Crippen LogP contribution in [0.1, 0.15) is 36.3 Å². The van der Waals surface area contributed by atoms with Crippen LogP contribution in [0.4, 0.5) is 0 Å². The first-order valence-electron chi connectivity index (χ1n) is 9.81. The van der Waals surface area contributed by atoms with Gasteiger partial charge in [-0.3, -0.25) is 9.69 Å². The van der Waals surface area contributed by atoms with Crippen LogP contribution in [-0.2, 0) is 16.0 Å². The fourth-order valence-electron chi connectivity index (χ4n) is 4.87. The van der Waals surface area contributed by atoms with Crippen molar-refractivity contribution < 1.29 is 9.53 Å². The summed E-state index contributed by atoms with van der Waals surface area (Å²) in [6.07, 6.45) is 3.95. The van der Waals surface area contributed by atoms with E-state index in [1.165, 1.54) is 17.5 Å². The Bertz CT molecular complexity index is 777. The highest BCUT2D eigenvalue weighted by Gasteiger charge is 2.49. The Labute approximate surface area is 166 Å². The molecule has 0 spiro atoms. The van der Waals surface area contributed by atoms with Crippen LogP contribution < -0.4 is 0 Å². The van der Waals surface area contributed by atoms with Gasteiger partial charge in [0.05, 0.1) is 12.5 Å². The number of hydrogen-bond acceptors (Lipinski definition) is 3. The molecule has 2 saturated heterocycles. The average Bonchev–Trinajstić information content (AvgIpc) is 2.91. The minimum atomic E-state index is -0.0735. The number of nitrogens with zero attached hydrogens (tertiary/aromatic N) is 1. The summed E-state index contributed by atoms with van der Waals surface area (Å²) in [5.74, 6) is 0.0572. The number of esters is 1. The first-order valence-corrected chi connectivity index (χ1v) is 10.2. The van der Waals surface area contributed by atoms with Crippen LogP contribution in [-0.4, -0.2) is 36.6 Å². The Balaban J connectivity index is 1.48. The molecule has 2 aromatic rings. The van der Waals surface area contributed by atoms with Crippen LogP contribution in [0.3, 0.4) is 0 Å². The second kappa shape index (κ2) is 8.04. The molecule has 0 aliphatic carbocycles. The molecule has 142 valence electrons. The molecule has 4 heteroatoms. The van der Waals surface area contributed by atoms with Gasteiger partial charge in [0.15, 0.2) is 0 Å². The maximum Gasteiger partial charge on any atom is 0.309 e. The van der Waals surface area contributed by atoms with Gasteiger partial charge in [0, 0.05) is 29.4 Å². The quantitative estimate of drug-likeness (QED) is 0.701. The highest BCUT2D eigenvalue weighted by atomic mass is 35.5. The normalized spacial score (nSPS) is 27.5. The van der Waals surface area contributed by atoms with Gasteiger partial charge in [0.1, 0.15) is 0 Å². The summed E-state index contributed by atoms with van der Waals surface area (Å²) < 4.78 is 5.74. The van der Waals surface area contributed by atoms with Crippen molar-refractivity contribution in [3.05, 3.63) is 70.7 Å². The molecule has 4 rings (SSSR count). The van der Waals surface area contributed by atoms with E-state index in [0.29, 0.717) is 18.7 Å². The van der Waals surface area contributed by atoms with Crippen LogP contribution in [0, 0.1) is 5.92 Å². The van der Waals surface area contributed by atoms with Gasteiger partial charge in [-0.1, -0.05) is 54.1 Å². The zero-order valence-electron chi connectivity index (χ0n) is 15.7. The van der Waals surface area contributed by atoms with E-state index in [4.69, 9.17) is 16.3 Å². The number of ether oxygens (including phenoxy) is 1. The SMILES string of the molecule is CN1[C@H]2CC[C@@H]1C(c1ccc(Cl)cc1)C(C(=O)OCCc1ccccc1)C2. The third-order valence-electron chi connectivity index (χ3n) is 6.30. The van der Waals surface area contributed by atoms with Crippen molar-refractivity contribution in [3.8, 4) is 0 Å². The van der Waals surface area contributed by atoms with Crippen molar-refractivity contribution in [3.63, 3.8) is 0 Å². The lowest BCUT2D eigenvalue weighted by molar-refractivity contribution is -0.152. The number of carbonyl (C=O) groups is 1. The molecule has 2 unspecified atom stereocenters. The molecule has 2 heterocycles. The van der Waals surface area contributed by atoms with E-state index >= 15 is 0 Å². The standard InChI is InChI=1S/C23H26ClNO2/c1-25-19-11-12-21(25)22(17-7-9-18(24)10-8-17)20(15-19)23(26)27-14-13-16-5-3-2-4-6-16/h2-10,19-22H,11-15H2,1H3/t19-,20?,21+,22?/m0/s1. The number of benzene rings is 2. The van der Waals surface area contributed by atoms with Gasteiger partial charge in [-0.2, -0.15) is 0 Å². The first kappa shape index (κ1) is 18.5. The lowest BCUT2D eigenvalue weighted by Crippen LogP contribution is -2.48. The molecule has 4 atom stereocenters. The number of halogens is 1. The van der Waals surface area contributed by atoms with Crippen molar-refractivity contribution in [1.82, 2.24) is 4.90 Å². The predicted molar refractivity (Wildman–Crippen MR) is 108 cm³/mol. The van der Waals surface area contributed by atoms with E-state index in [-0.39, 0.29) is 17.8 Å². The van der Waals surface area contributed by atoms with E-state index in [2.05, 4.69) is 36.2 Å². The smallest absolute Gasteiger partial charge is 0.309 e. The summed E-state index contributed by atoms with van der Waals surface area (Å²) >= 11 is 6.08. The fraction of sp³-hybridized carbons (Fsp3) is 0.435. The fourth-order valence-corrected chi connectivity index (χ4v) is 5.00. The largest absolute Gasteiger partial charge is 0.465 e. The third kappa shape index (κ3) is 3.90. The van der Waals surface area contributed by atoms with E-state index in [1.54, 1.807) is 0 Å². The van der Waals surface area contributed by atoms with Gasteiger partial charge in [0.2, 0.25) is 0 Å². The zero-order chi connectivity index (χ0) is 18.8. The van der Waals surface area contributed by atoms with Gasteiger partial charge in [-0.25, -0.2) is 0 Å². The summed E-state index contributed by atoms with van der Waals surface area (Å²) in [4.78, 5) is 15.5. The van der Waals surface area contributed by atoms with Gasteiger partial charge < -0.3 is 4.74 Å². The molecular weight excluding hydrogens is 358 g/mol. The first-order chi connectivity index (χ1) is 13.1. The number of fused-ring (bicyclic) bond motifs is 2. The highest BCUT2D eigenvalue weighted by molar-refractivity contribution is 6.30. The van der Waals surface area contributed by atoms with Gasteiger partial charge in [0.25, 0.3) is 0 Å². The monoisotopic (exact) mass is 383 g/mol. The average molecular weight is 384 g/mol. The molecule has 0 radical (unpaired) electrons. The number of carbonyl (C=O) groups excluding carboxylic acids is 1. The topological polar surface area (TPSA) is 29.5 Å². The van der Waals surface area contributed by atoms with E-state index in [9.17, 15) is 4.79 Å². The van der Waals surface area contributed by atoms with E-state index < -0.39 is 0 Å². The molecule has 2 aliphatic rings. The summed E-state index contributed by atoms with van der Waals surface area (Å²) in [7, 11) is 2.20. The van der Waals surface area contributed by atoms with Crippen molar-refractivity contribution >= 4 is 17.6 Å². The van der Waals surface area contributed by atoms with Crippen LogP contribution in [0.15, 0.2) is 54.6 Å². The molecule has 2 aliphatic heterocycles. The minimum Gasteiger partial charge on any atom is -0.465 e. The molecular formula is C23H26ClNO2. The molecule has 0 N–H and O–H groups in total. The summed E-state index contributed by atoms with van der Waals surface area (Å²) in [5, 5.41) is 0.731. The maximum absolute atomic E-state index is 13.0. The third-order valence-corrected chi connectivity index (χ3v) is 6.56. The van der Waals surface area contributed by atoms with Crippen LogP contribution in [0.2, 0.25) is 5.02 Å². The molecule has 2 fully saturated rings. The molecule has 3 nitrogen and oxygen atoms in total. The molecule has 0 amide bonds. The lowest BCUT2D eigenvalue weighted by atomic mass is 9.76. The van der Waals surface area contributed by atoms with Crippen LogP contribution in [0.5, 0.6) is 0 Å². The number of rotatable bonds is 5. The number of piperidine rings is 1. The van der Waals surface area contributed by atoms with E-state index in [0.717, 1.165) is 24.3 Å². The second-order valence-electron chi connectivity index (χ2n) is 7.79. The van der Waals surface area contributed by atoms with Gasteiger partial charge >= 0.3 is 5.97 Å². The summed E-state index contributed by atoms with van der Waals surface area (Å²) in [6, 6.07) is 19.1. The van der Waals surface area contributed by atoms with Crippen molar-refractivity contribution in [1.29, 1.82) is 0 Å². The zero-order valence-corrected chi connectivity index (χ0v) is 16.4. The Morgan fingerprint density at radius 2 is 1.85 bits per heavy atom. The van der Waals surface area contributed by atoms with Crippen LogP contribution >= 0.6 is 11.6 Å². The second-order valence-corrected chi connectivity index (χ2v) is 8.22. The Morgan fingerprint density at radius 1 is 1.11 bits per heavy atom. The Kier molecular flexibility index (Phi) is 5.51. The van der Waals surface area contributed by atoms with Crippen molar-refractivity contribution in [2.24, 2.45) is 5.92 Å². The molecule has 0 aromatic heterocycles. The number of hydrogen-bond donors (Lipinski definition) is 0. The Hall–Kier alpha value is -1.84. The molecule has 2 aromatic carbocycles. The Morgan fingerprint density at radius 3 is 2.59 bits per heavy atom. The maximum atomic E-state index is 13.0. The van der Waals surface area contributed by atoms with Crippen LogP contribution in [0.25, 0.3) is 0 Å². The summed E-state index contributed by atoms with van der Waals surface area (Å²) in [5.41, 5.74) is 2.39. The summed E-state index contributed by atoms with van der Waals surface area (Å²) in [6.45, 7) is 0.442.